The Morgan fingerprint density at radius 3 is 2.52 bits per heavy atom. The summed E-state index contributed by atoms with van der Waals surface area (Å²) in [5.41, 5.74) is 1.54. The first-order valence-electron chi connectivity index (χ1n) is 7.90. The summed E-state index contributed by atoms with van der Waals surface area (Å²) in [5, 5.41) is 18.7. The van der Waals surface area contributed by atoms with E-state index in [-0.39, 0.29) is 5.41 Å². The average molecular weight is 379 g/mol. The van der Waals surface area contributed by atoms with Crippen molar-refractivity contribution in [2.24, 2.45) is 0 Å². The lowest BCUT2D eigenvalue weighted by molar-refractivity contribution is 0.0996. The van der Waals surface area contributed by atoms with Crippen LogP contribution in [0.5, 0.6) is 0 Å². The predicted octanol–water partition coefficient (Wildman–Crippen LogP) is 4.72. The molecule has 0 heterocycles. The van der Waals surface area contributed by atoms with Gasteiger partial charge in [0.2, 0.25) is 0 Å². The van der Waals surface area contributed by atoms with Crippen molar-refractivity contribution >= 4 is 22.0 Å². The highest BCUT2D eigenvalue weighted by atomic mass is 79.9. The van der Waals surface area contributed by atoms with Crippen LogP contribution in [0.2, 0.25) is 0 Å². The van der Waals surface area contributed by atoms with Crippen molar-refractivity contribution in [3.05, 3.63) is 33.8 Å². The molecule has 1 aromatic rings. The lowest BCUT2D eigenvalue weighted by atomic mass is 9.94. The van der Waals surface area contributed by atoms with Crippen LogP contribution in [0, 0.1) is 11.3 Å². The van der Waals surface area contributed by atoms with E-state index in [1.165, 1.54) is 4.90 Å². The maximum atomic E-state index is 11.4. The smallest absolute Gasteiger partial charge is 0.407 e. The van der Waals surface area contributed by atoms with Crippen LogP contribution in [-0.2, 0) is 11.8 Å². The van der Waals surface area contributed by atoms with E-state index >= 15 is 0 Å². The van der Waals surface area contributed by atoms with Gasteiger partial charge in [-0.2, -0.15) is 5.26 Å². The number of nitriles is 1. The van der Waals surface area contributed by atoms with Crippen molar-refractivity contribution in [1.29, 1.82) is 5.26 Å². The molecule has 1 saturated carbocycles. The molecule has 0 spiro atoms. The predicted molar refractivity (Wildman–Crippen MR) is 93.5 cm³/mol. The number of hydrogen-bond donors (Lipinski definition) is 1. The summed E-state index contributed by atoms with van der Waals surface area (Å²) in [5.74, 6) is 0. The Kier molecular flexibility index (Phi) is 5.05. The van der Waals surface area contributed by atoms with E-state index in [2.05, 4.69) is 34.1 Å². The van der Waals surface area contributed by atoms with Gasteiger partial charge in [-0.25, -0.2) is 4.79 Å². The first-order valence-corrected chi connectivity index (χ1v) is 8.69. The van der Waals surface area contributed by atoms with E-state index in [1.807, 2.05) is 26.8 Å². The third-order valence-corrected chi connectivity index (χ3v) is 4.82. The third kappa shape index (κ3) is 4.26. The van der Waals surface area contributed by atoms with Crippen LogP contribution >= 0.6 is 15.9 Å². The molecule has 1 fully saturated rings. The Balaban J connectivity index is 2.04. The summed E-state index contributed by atoms with van der Waals surface area (Å²) in [4.78, 5) is 12.8. The second-order valence-electron chi connectivity index (χ2n) is 7.25. The van der Waals surface area contributed by atoms with Gasteiger partial charge >= 0.3 is 6.09 Å². The molecule has 0 saturated heterocycles. The second-order valence-corrected chi connectivity index (χ2v) is 8.17. The molecule has 124 valence electrons. The zero-order valence-corrected chi connectivity index (χ0v) is 15.5. The molecule has 0 aromatic heterocycles. The SMILES string of the molecule is CC(C)(C)N(CCCc1cc(Br)cc(C2(C#N)CC2)c1)C(=O)O. The van der Waals surface area contributed by atoms with Gasteiger partial charge in [0.25, 0.3) is 0 Å². The summed E-state index contributed by atoms with van der Waals surface area (Å²) in [7, 11) is 0. The van der Waals surface area contributed by atoms with Crippen molar-refractivity contribution in [2.75, 3.05) is 6.54 Å². The van der Waals surface area contributed by atoms with Gasteiger partial charge in [-0.3, -0.25) is 0 Å². The van der Waals surface area contributed by atoms with Crippen LogP contribution in [0.25, 0.3) is 0 Å². The Morgan fingerprint density at radius 1 is 1.39 bits per heavy atom. The van der Waals surface area contributed by atoms with Crippen molar-refractivity contribution < 1.29 is 9.90 Å². The van der Waals surface area contributed by atoms with Gasteiger partial charge in [0.1, 0.15) is 0 Å². The van der Waals surface area contributed by atoms with Crippen molar-refractivity contribution in [2.45, 2.75) is 57.4 Å². The zero-order valence-electron chi connectivity index (χ0n) is 13.9. The maximum Gasteiger partial charge on any atom is 0.407 e. The average Bonchev–Trinajstić information content (AvgIpc) is 3.22. The number of amides is 1. The molecule has 1 aliphatic rings. The topological polar surface area (TPSA) is 64.3 Å². The van der Waals surface area contributed by atoms with Crippen molar-refractivity contribution in [3.63, 3.8) is 0 Å². The van der Waals surface area contributed by atoms with Crippen LogP contribution in [0.15, 0.2) is 22.7 Å². The molecule has 23 heavy (non-hydrogen) atoms. The largest absolute Gasteiger partial charge is 0.465 e. The zero-order chi connectivity index (χ0) is 17.3. The first kappa shape index (κ1) is 17.8. The molecule has 0 bridgehead atoms. The minimum absolute atomic E-state index is 0.295. The van der Waals surface area contributed by atoms with Crippen LogP contribution < -0.4 is 0 Å². The number of carboxylic acid groups (broad SMARTS) is 1. The quantitative estimate of drug-likeness (QED) is 0.806. The van der Waals surface area contributed by atoms with Crippen LogP contribution in [-0.4, -0.2) is 28.2 Å². The molecule has 0 unspecified atom stereocenters. The molecule has 1 amide bonds. The summed E-state index contributed by atoms with van der Waals surface area (Å²) in [6, 6.07) is 8.61. The number of nitrogens with zero attached hydrogens (tertiary/aromatic N) is 2. The Morgan fingerprint density at radius 2 is 2.04 bits per heavy atom. The lowest BCUT2D eigenvalue weighted by Gasteiger charge is -2.33. The van der Waals surface area contributed by atoms with Crippen molar-refractivity contribution in [3.8, 4) is 6.07 Å². The lowest BCUT2D eigenvalue weighted by Crippen LogP contribution is -2.45. The number of rotatable bonds is 5. The third-order valence-electron chi connectivity index (χ3n) is 4.36. The summed E-state index contributed by atoms with van der Waals surface area (Å²) in [6.07, 6.45) is 2.54. The van der Waals surface area contributed by atoms with Gasteiger partial charge in [-0.1, -0.05) is 22.0 Å². The fraction of sp³-hybridized carbons (Fsp3) is 0.556. The van der Waals surface area contributed by atoms with Gasteiger partial charge in [0.15, 0.2) is 0 Å². The minimum Gasteiger partial charge on any atom is -0.465 e. The molecular formula is C18H23BrN2O2. The van der Waals surface area contributed by atoms with E-state index < -0.39 is 11.6 Å². The highest BCUT2D eigenvalue weighted by molar-refractivity contribution is 9.10. The number of benzene rings is 1. The van der Waals surface area contributed by atoms with E-state index in [4.69, 9.17) is 0 Å². The number of halogens is 1. The molecule has 1 aliphatic carbocycles. The number of hydrogen-bond acceptors (Lipinski definition) is 2. The van der Waals surface area contributed by atoms with Gasteiger partial charge in [-0.05, 0) is 69.7 Å². The molecule has 0 atom stereocenters. The van der Waals surface area contributed by atoms with Crippen LogP contribution in [0.1, 0.15) is 51.2 Å². The Hall–Kier alpha value is -1.54. The minimum atomic E-state index is -0.881. The van der Waals surface area contributed by atoms with E-state index in [9.17, 15) is 15.2 Å². The summed E-state index contributed by atoms with van der Waals surface area (Å²) >= 11 is 3.52. The first-order chi connectivity index (χ1) is 10.7. The fourth-order valence-electron chi connectivity index (χ4n) is 2.82. The molecule has 0 radical (unpaired) electrons. The van der Waals surface area contributed by atoms with E-state index in [0.29, 0.717) is 6.54 Å². The maximum absolute atomic E-state index is 11.4. The highest BCUT2D eigenvalue weighted by Gasteiger charge is 2.45. The molecule has 5 heteroatoms. The normalized spacial score (nSPS) is 15.8. The van der Waals surface area contributed by atoms with Gasteiger partial charge in [0.05, 0.1) is 11.5 Å². The van der Waals surface area contributed by atoms with E-state index in [1.54, 1.807) is 0 Å². The number of aryl methyl sites for hydroxylation is 1. The van der Waals surface area contributed by atoms with Crippen LogP contribution in [0.4, 0.5) is 4.79 Å². The molecule has 0 aliphatic heterocycles. The van der Waals surface area contributed by atoms with Gasteiger partial charge < -0.3 is 10.0 Å². The Labute approximate surface area is 146 Å². The standard InChI is InChI=1S/C18H23BrN2O2/c1-17(2,3)21(16(22)23)8-4-5-13-9-14(11-15(19)10-13)18(12-20)6-7-18/h9-11H,4-8H2,1-3H3,(H,22,23). The van der Waals surface area contributed by atoms with Crippen LogP contribution in [0.3, 0.4) is 0 Å². The molecular weight excluding hydrogens is 356 g/mol. The van der Waals surface area contributed by atoms with Gasteiger partial charge in [-0.15, -0.1) is 0 Å². The molecule has 1 N–H and O–H groups in total. The highest BCUT2D eigenvalue weighted by Crippen LogP contribution is 2.48. The summed E-state index contributed by atoms with van der Waals surface area (Å²) in [6.45, 7) is 6.22. The molecule has 2 rings (SSSR count). The Bertz CT molecular complexity index is 639. The molecule has 1 aromatic carbocycles. The monoisotopic (exact) mass is 378 g/mol. The van der Waals surface area contributed by atoms with Gasteiger partial charge in [0, 0.05) is 16.6 Å². The fourth-order valence-corrected chi connectivity index (χ4v) is 3.36. The number of carbonyl (C=O) groups is 1. The van der Waals surface area contributed by atoms with Crippen molar-refractivity contribution in [1.82, 2.24) is 4.90 Å². The molecule has 4 nitrogen and oxygen atoms in total. The second kappa shape index (κ2) is 6.52. The van der Waals surface area contributed by atoms with E-state index in [0.717, 1.165) is 41.3 Å². The summed E-state index contributed by atoms with van der Waals surface area (Å²) < 4.78 is 0.984.